The van der Waals surface area contributed by atoms with Gasteiger partial charge in [0, 0.05) is 38.3 Å². The van der Waals surface area contributed by atoms with Crippen LogP contribution in [-0.4, -0.2) is 63.0 Å². The Balaban J connectivity index is 2.32. The fourth-order valence-corrected chi connectivity index (χ4v) is 1.87. The van der Waals surface area contributed by atoms with Crippen LogP contribution in [0.3, 0.4) is 0 Å². The van der Waals surface area contributed by atoms with Gasteiger partial charge in [0.2, 0.25) is 0 Å². The third kappa shape index (κ3) is 7.08. The van der Waals surface area contributed by atoms with E-state index in [0.29, 0.717) is 36.8 Å². The number of carboxylic acid groups (broad SMARTS) is 1. The Labute approximate surface area is 141 Å². The first-order chi connectivity index (χ1) is 11.5. The monoisotopic (exact) mass is 340 g/mol. The highest BCUT2D eigenvalue weighted by atomic mass is 16.5. The van der Waals surface area contributed by atoms with Crippen LogP contribution in [-0.2, 0) is 4.79 Å². The van der Waals surface area contributed by atoms with Gasteiger partial charge in [-0.25, -0.2) is 4.79 Å². The standard InChI is InChI=1S/C16H24N2O6/c1-18(16(21)17-6-5-15(19)20)7-4-8-24-14-10-12(22-2)9-13(11-14)23-3/h9-11H,4-8H2,1-3H3,(H,17,21)(H,19,20). The van der Waals surface area contributed by atoms with Crippen molar-refractivity contribution in [1.82, 2.24) is 10.2 Å². The molecule has 0 aliphatic heterocycles. The predicted octanol–water partition coefficient (Wildman–Crippen LogP) is 1.59. The summed E-state index contributed by atoms with van der Waals surface area (Å²) in [5.41, 5.74) is 0. The molecule has 1 aromatic carbocycles. The van der Waals surface area contributed by atoms with E-state index in [1.807, 2.05) is 0 Å². The maximum Gasteiger partial charge on any atom is 0.317 e. The Morgan fingerprint density at radius 3 is 2.25 bits per heavy atom. The Kier molecular flexibility index (Phi) is 8.24. The maximum atomic E-state index is 11.7. The molecule has 8 heteroatoms. The van der Waals surface area contributed by atoms with Crippen molar-refractivity contribution in [1.29, 1.82) is 0 Å². The molecule has 0 fully saturated rings. The first kappa shape index (κ1) is 19.4. The summed E-state index contributed by atoms with van der Waals surface area (Å²) in [6.07, 6.45) is 0.530. The number of hydrogen-bond donors (Lipinski definition) is 2. The number of carbonyl (C=O) groups is 2. The highest BCUT2D eigenvalue weighted by molar-refractivity contribution is 5.74. The average Bonchev–Trinajstić information content (AvgIpc) is 2.57. The van der Waals surface area contributed by atoms with E-state index in [1.54, 1.807) is 39.5 Å². The van der Waals surface area contributed by atoms with Crippen molar-refractivity contribution in [2.24, 2.45) is 0 Å². The van der Waals surface area contributed by atoms with E-state index in [9.17, 15) is 9.59 Å². The van der Waals surface area contributed by atoms with Crippen molar-refractivity contribution in [3.63, 3.8) is 0 Å². The molecule has 0 atom stereocenters. The molecule has 0 radical (unpaired) electrons. The normalized spacial score (nSPS) is 9.96. The number of aliphatic carboxylic acids is 1. The molecule has 0 bridgehead atoms. The molecule has 24 heavy (non-hydrogen) atoms. The average molecular weight is 340 g/mol. The van der Waals surface area contributed by atoms with Crippen molar-refractivity contribution in [3.8, 4) is 17.2 Å². The number of carbonyl (C=O) groups excluding carboxylic acids is 1. The van der Waals surface area contributed by atoms with E-state index in [0.717, 1.165) is 0 Å². The molecule has 0 heterocycles. The van der Waals surface area contributed by atoms with Crippen LogP contribution in [0.25, 0.3) is 0 Å². The van der Waals surface area contributed by atoms with Gasteiger partial charge in [-0.05, 0) is 6.42 Å². The number of nitrogens with one attached hydrogen (secondary N) is 1. The van der Waals surface area contributed by atoms with Crippen LogP contribution in [0.15, 0.2) is 18.2 Å². The van der Waals surface area contributed by atoms with E-state index >= 15 is 0 Å². The Morgan fingerprint density at radius 1 is 1.12 bits per heavy atom. The number of hydrogen-bond acceptors (Lipinski definition) is 5. The van der Waals surface area contributed by atoms with Gasteiger partial charge in [0.1, 0.15) is 17.2 Å². The number of urea groups is 1. The Bertz CT molecular complexity index is 527. The van der Waals surface area contributed by atoms with Gasteiger partial charge in [0.05, 0.1) is 27.2 Å². The molecule has 0 spiro atoms. The molecular formula is C16H24N2O6. The molecule has 0 saturated heterocycles. The third-order valence-electron chi connectivity index (χ3n) is 3.19. The van der Waals surface area contributed by atoms with Crippen LogP contribution in [0, 0.1) is 0 Å². The molecule has 1 rings (SSSR count). The highest BCUT2D eigenvalue weighted by Gasteiger charge is 2.08. The second kappa shape index (κ2) is 10.2. The van der Waals surface area contributed by atoms with E-state index in [2.05, 4.69) is 5.32 Å². The minimum Gasteiger partial charge on any atom is -0.496 e. The fourth-order valence-electron chi connectivity index (χ4n) is 1.87. The molecule has 0 aliphatic rings. The molecular weight excluding hydrogens is 316 g/mol. The first-order valence-corrected chi connectivity index (χ1v) is 7.53. The van der Waals surface area contributed by atoms with Crippen molar-refractivity contribution < 1.29 is 28.9 Å². The zero-order valence-electron chi connectivity index (χ0n) is 14.2. The van der Waals surface area contributed by atoms with Crippen molar-refractivity contribution >= 4 is 12.0 Å². The second-order valence-electron chi connectivity index (χ2n) is 5.05. The number of amides is 2. The molecule has 0 unspecified atom stereocenters. The fraction of sp³-hybridized carbons (Fsp3) is 0.500. The summed E-state index contributed by atoms with van der Waals surface area (Å²) >= 11 is 0. The van der Waals surface area contributed by atoms with Gasteiger partial charge in [0.25, 0.3) is 0 Å². The zero-order valence-corrected chi connectivity index (χ0v) is 14.2. The van der Waals surface area contributed by atoms with Gasteiger partial charge in [0.15, 0.2) is 0 Å². The molecule has 2 N–H and O–H groups in total. The van der Waals surface area contributed by atoms with E-state index in [-0.39, 0.29) is 19.0 Å². The van der Waals surface area contributed by atoms with Crippen LogP contribution in [0.2, 0.25) is 0 Å². The molecule has 2 amide bonds. The molecule has 0 saturated carbocycles. The minimum absolute atomic E-state index is 0.0969. The smallest absolute Gasteiger partial charge is 0.317 e. The molecule has 0 aromatic heterocycles. The SMILES string of the molecule is COc1cc(OC)cc(OCCCN(C)C(=O)NCCC(=O)O)c1. The number of carboxylic acids is 1. The van der Waals surface area contributed by atoms with Crippen LogP contribution in [0.4, 0.5) is 4.79 Å². The number of benzene rings is 1. The van der Waals surface area contributed by atoms with Crippen LogP contribution in [0.5, 0.6) is 17.2 Å². The third-order valence-corrected chi connectivity index (χ3v) is 3.19. The maximum absolute atomic E-state index is 11.7. The largest absolute Gasteiger partial charge is 0.496 e. The van der Waals surface area contributed by atoms with Gasteiger partial charge in [-0.15, -0.1) is 0 Å². The number of nitrogens with zero attached hydrogens (tertiary/aromatic N) is 1. The van der Waals surface area contributed by atoms with Gasteiger partial charge in [-0.3, -0.25) is 4.79 Å². The molecule has 8 nitrogen and oxygen atoms in total. The number of rotatable bonds is 10. The molecule has 134 valence electrons. The Morgan fingerprint density at radius 2 is 1.71 bits per heavy atom. The predicted molar refractivity (Wildman–Crippen MR) is 87.9 cm³/mol. The zero-order chi connectivity index (χ0) is 17.9. The quantitative estimate of drug-likeness (QED) is 0.628. The lowest BCUT2D eigenvalue weighted by molar-refractivity contribution is -0.136. The summed E-state index contributed by atoms with van der Waals surface area (Å²) in [7, 11) is 4.78. The molecule has 0 aliphatic carbocycles. The summed E-state index contributed by atoms with van der Waals surface area (Å²) in [5, 5.41) is 11.1. The lowest BCUT2D eigenvalue weighted by Crippen LogP contribution is -2.39. The summed E-state index contributed by atoms with van der Waals surface area (Å²) in [5.74, 6) is 0.957. The minimum atomic E-state index is -0.944. The van der Waals surface area contributed by atoms with Gasteiger partial charge >= 0.3 is 12.0 Å². The summed E-state index contributed by atoms with van der Waals surface area (Å²) in [6, 6.07) is 4.96. The van der Waals surface area contributed by atoms with Crippen molar-refractivity contribution in [2.45, 2.75) is 12.8 Å². The van der Waals surface area contributed by atoms with Crippen LogP contribution >= 0.6 is 0 Å². The van der Waals surface area contributed by atoms with Crippen LogP contribution in [0.1, 0.15) is 12.8 Å². The summed E-state index contributed by atoms with van der Waals surface area (Å²) < 4.78 is 16.0. The first-order valence-electron chi connectivity index (χ1n) is 7.53. The summed E-state index contributed by atoms with van der Waals surface area (Å²) in [4.78, 5) is 23.6. The Hall–Kier alpha value is -2.64. The van der Waals surface area contributed by atoms with Crippen molar-refractivity contribution in [2.75, 3.05) is 41.0 Å². The van der Waals surface area contributed by atoms with Crippen LogP contribution < -0.4 is 19.5 Å². The lowest BCUT2D eigenvalue weighted by atomic mass is 10.3. The number of ether oxygens (including phenoxy) is 3. The van der Waals surface area contributed by atoms with Gasteiger partial charge < -0.3 is 29.5 Å². The van der Waals surface area contributed by atoms with Gasteiger partial charge in [-0.1, -0.05) is 0 Å². The summed E-state index contributed by atoms with van der Waals surface area (Å²) in [6.45, 7) is 1.02. The highest BCUT2D eigenvalue weighted by Crippen LogP contribution is 2.27. The van der Waals surface area contributed by atoms with E-state index < -0.39 is 5.97 Å². The second-order valence-corrected chi connectivity index (χ2v) is 5.05. The topological polar surface area (TPSA) is 97.3 Å². The van der Waals surface area contributed by atoms with E-state index in [1.165, 1.54) is 4.90 Å². The van der Waals surface area contributed by atoms with Gasteiger partial charge in [-0.2, -0.15) is 0 Å². The van der Waals surface area contributed by atoms with Crippen molar-refractivity contribution in [3.05, 3.63) is 18.2 Å². The van der Waals surface area contributed by atoms with E-state index in [4.69, 9.17) is 19.3 Å². The lowest BCUT2D eigenvalue weighted by Gasteiger charge is -2.18. The number of methoxy groups -OCH3 is 2. The molecule has 1 aromatic rings.